The van der Waals surface area contributed by atoms with Crippen molar-refractivity contribution in [2.75, 3.05) is 0 Å². The Bertz CT molecular complexity index is 419. The first-order chi connectivity index (χ1) is 7.59. The van der Waals surface area contributed by atoms with Gasteiger partial charge in [0.15, 0.2) is 0 Å². The summed E-state index contributed by atoms with van der Waals surface area (Å²) in [6, 6.07) is 8.01. The fraction of sp³-hybridized carbons (Fsp3) is 0.333. The molecule has 1 heterocycles. The monoisotopic (exact) mass is 220 g/mol. The lowest BCUT2D eigenvalue weighted by Crippen LogP contribution is -2.06. The van der Waals surface area contributed by atoms with E-state index in [1.54, 1.807) is 0 Å². The second-order valence-corrected chi connectivity index (χ2v) is 3.62. The third-order valence-electron chi connectivity index (χ3n) is 1.75. The SMILES string of the molecule is CC(=O)OC(C)C.c1ccc2[nH]ncc2c1. The molecule has 2 rings (SSSR count). The predicted molar refractivity (Wildman–Crippen MR) is 63.0 cm³/mol. The van der Waals surface area contributed by atoms with Crippen molar-refractivity contribution in [2.24, 2.45) is 0 Å². The Morgan fingerprint density at radius 1 is 1.38 bits per heavy atom. The van der Waals surface area contributed by atoms with Gasteiger partial charge in [-0.25, -0.2) is 0 Å². The van der Waals surface area contributed by atoms with Gasteiger partial charge in [0.05, 0.1) is 17.8 Å². The van der Waals surface area contributed by atoms with E-state index in [2.05, 4.69) is 14.9 Å². The highest BCUT2D eigenvalue weighted by Crippen LogP contribution is 2.06. The van der Waals surface area contributed by atoms with E-state index >= 15 is 0 Å². The zero-order valence-corrected chi connectivity index (χ0v) is 9.73. The summed E-state index contributed by atoms with van der Waals surface area (Å²) in [5.41, 5.74) is 1.09. The molecule has 0 aliphatic rings. The van der Waals surface area contributed by atoms with Crippen LogP contribution in [0.15, 0.2) is 30.5 Å². The number of carbonyl (C=O) groups is 1. The number of para-hydroxylation sites is 1. The van der Waals surface area contributed by atoms with E-state index in [1.807, 2.05) is 44.3 Å². The Balaban J connectivity index is 0.000000168. The van der Waals surface area contributed by atoms with Crippen LogP contribution < -0.4 is 0 Å². The molecule has 1 N–H and O–H groups in total. The lowest BCUT2D eigenvalue weighted by molar-refractivity contribution is -0.144. The molecule has 86 valence electrons. The van der Waals surface area contributed by atoms with Crippen LogP contribution >= 0.6 is 0 Å². The summed E-state index contributed by atoms with van der Waals surface area (Å²) in [6.07, 6.45) is 1.84. The molecule has 4 heteroatoms. The molecule has 1 aromatic heterocycles. The molecular weight excluding hydrogens is 204 g/mol. The Morgan fingerprint density at radius 2 is 2.06 bits per heavy atom. The number of ether oxygens (including phenoxy) is 1. The average molecular weight is 220 g/mol. The van der Waals surface area contributed by atoms with Crippen molar-refractivity contribution in [1.29, 1.82) is 0 Å². The van der Waals surface area contributed by atoms with Gasteiger partial charge in [-0.1, -0.05) is 18.2 Å². The maximum atomic E-state index is 10.0. The normalized spacial score (nSPS) is 9.75. The lowest BCUT2D eigenvalue weighted by atomic mass is 10.3. The Morgan fingerprint density at radius 3 is 2.56 bits per heavy atom. The van der Waals surface area contributed by atoms with Crippen molar-refractivity contribution >= 4 is 16.9 Å². The highest BCUT2D eigenvalue weighted by Gasteiger charge is 1.93. The molecule has 0 aliphatic carbocycles. The van der Waals surface area contributed by atoms with Gasteiger partial charge < -0.3 is 4.74 Å². The molecule has 0 saturated heterocycles. The number of aromatic nitrogens is 2. The Kier molecular flexibility index (Phi) is 4.51. The molecule has 0 aliphatic heterocycles. The summed E-state index contributed by atoms with van der Waals surface area (Å²) in [6.45, 7) is 5.04. The average Bonchev–Trinajstić information content (AvgIpc) is 2.63. The second-order valence-electron chi connectivity index (χ2n) is 3.62. The van der Waals surface area contributed by atoms with Crippen molar-refractivity contribution in [2.45, 2.75) is 26.9 Å². The number of carbonyl (C=O) groups excluding carboxylic acids is 1. The number of fused-ring (bicyclic) bond motifs is 1. The standard InChI is InChI=1S/C7H6N2.C5H10O2/c1-2-4-7-6(3-1)5-8-9-7;1-4(2)7-5(3)6/h1-5H,(H,8,9);4H,1-3H3. The van der Waals surface area contributed by atoms with E-state index < -0.39 is 0 Å². The molecule has 0 fully saturated rings. The van der Waals surface area contributed by atoms with E-state index in [1.165, 1.54) is 6.92 Å². The fourth-order valence-corrected chi connectivity index (χ4v) is 1.21. The van der Waals surface area contributed by atoms with Gasteiger partial charge in [-0.3, -0.25) is 9.89 Å². The fourth-order valence-electron chi connectivity index (χ4n) is 1.21. The van der Waals surface area contributed by atoms with Gasteiger partial charge >= 0.3 is 5.97 Å². The third kappa shape index (κ3) is 4.13. The number of aromatic amines is 1. The van der Waals surface area contributed by atoms with Crippen LogP contribution in [0.25, 0.3) is 10.9 Å². The molecule has 16 heavy (non-hydrogen) atoms. The van der Waals surface area contributed by atoms with E-state index in [0.29, 0.717) is 0 Å². The number of rotatable bonds is 1. The van der Waals surface area contributed by atoms with Crippen LogP contribution in [0.2, 0.25) is 0 Å². The highest BCUT2D eigenvalue weighted by molar-refractivity contribution is 5.77. The van der Waals surface area contributed by atoms with Crippen LogP contribution in [-0.2, 0) is 9.53 Å². The van der Waals surface area contributed by atoms with Crippen LogP contribution in [0.1, 0.15) is 20.8 Å². The van der Waals surface area contributed by atoms with E-state index in [4.69, 9.17) is 0 Å². The zero-order chi connectivity index (χ0) is 12.0. The van der Waals surface area contributed by atoms with Crippen molar-refractivity contribution < 1.29 is 9.53 Å². The van der Waals surface area contributed by atoms with Gasteiger partial charge in [0.25, 0.3) is 0 Å². The van der Waals surface area contributed by atoms with Crippen molar-refractivity contribution in [3.8, 4) is 0 Å². The first-order valence-corrected chi connectivity index (χ1v) is 5.15. The smallest absolute Gasteiger partial charge is 0.302 e. The summed E-state index contributed by atoms with van der Waals surface area (Å²) >= 11 is 0. The summed E-state index contributed by atoms with van der Waals surface area (Å²) < 4.78 is 4.61. The van der Waals surface area contributed by atoms with Gasteiger partial charge in [-0.05, 0) is 19.9 Å². The van der Waals surface area contributed by atoms with Gasteiger partial charge in [0.1, 0.15) is 0 Å². The van der Waals surface area contributed by atoms with Gasteiger partial charge in [-0.15, -0.1) is 0 Å². The summed E-state index contributed by atoms with van der Waals surface area (Å²) in [5, 5.41) is 7.91. The van der Waals surface area contributed by atoms with E-state index in [0.717, 1.165) is 10.9 Å². The van der Waals surface area contributed by atoms with E-state index in [9.17, 15) is 4.79 Å². The number of benzene rings is 1. The molecule has 2 aromatic rings. The van der Waals surface area contributed by atoms with Gasteiger partial charge in [-0.2, -0.15) is 5.10 Å². The molecule has 0 spiro atoms. The lowest BCUT2D eigenvalue weighted by Gasteiger charge is -2.01. The van der Waals surface area contributed by atoms with Gasteiger partial charge in [0.2, 0.25) is 0 Å². The molecule has 0 unspecified atom stereocenters. The second kappa shape index (κ2) is 5.90. The number of hydrogen-bond donors (Lipinski definition) is 1. The van der Waals surface area contributed by atoms with Crippen LogP contribution in [0.4, 0.5) is 0 Å². The molecule has 0 radical (unpaired) electrons. The molecule has 0 bridgehead atoms. The van der Waals surface area contributed by atoms with E-state index in [-0.39, 0.29) is 12.1 Å². The quantitative estimate of drug-likeness (QED) is 0.751. The van der Waals surface area contributed by atoms with Crippen LogP contribution in [0.3, 0.4) is 0 Å². The third-order valence-corrected chi connectivity index (χ3v) is 1.75. The molecule has 4 nitrogen and oxygen atoms in total. The topological polar surface area (TPSA) is 55.0 Å². The van der Waals surface area contributed by atoms with Gasteiger partial charge in [0, 0.05) is 12.3 Å². The Labute approximate surface area is 94.6 Å². The molecule has 1 aromatic carbocycles. The molecule has 0 amide bonds. The summed E-state index contributed by atoms with van der Waals surface area (Å²) in [7, 11) is 0. The number of nitrogens with one attached hydrogen (secondary N) is 1. The van der Waals surface area contributed by atoms with Crippen LogP contribution in [0, 0.1) is 0 Å². The van der Waals surface area contributed by atoms with Crippen molar-refractivity contribution in [3.63, 3.8) is 0 Å². The highest BCUT2D eigenvalue weighted by atomic mass is 16.5. The summed E-state index contributed by atoms with van der Waals surface area (Å²) in [4.78, 5) is 10.0. The maximum absolute atomic E-state index is 10.0. The minimum atomic E-state index is -0.213. The first-order valence-electron chi connectivity index (χ1n) is 5.15. The number of nitrogens with zero attached hydrogens (tertiary/aromatic N) is 1. The number of H-pyrrole nitrogens is 1. The maximum Gasteiger partial charge on any atom is 0.302 e. The summed E-state index contributed by atoms with van der Waals surface area (Å²) in [5.74, 6) is -0.213. The molecule has 0 saturated carbocycles. The van der Waals surface area contributed by atoms with Crippen molar-refractivity contribution in [1.82, 2.24) is 10.2 Å². The number of esters is 1. The van der Waals surface area contributed by atoms with Crippen LogP contribution in [0.5, 0.6) is 0 Å². The van der Waals surface area contributed by atoms with Crippen LogP contribution in [-0.4, -0.2) is 22.3 Å². The molecular formula is C12H16N2O2. The predicted octanol–water partition coefficient (Wildman–Crippen LogP) is 2.52. The Hall–Kier alpha value is -1.84. The number of hydrogen-bond acceptors (Lipinski definition) is 3. The molecule has 0 atom stereocenters. The minimum absolute atomic E-state index is 0.0255. The zero-order valence-electron chi connectivity index (χ0n) is 9.73. The largest absolute Gasteiger partial charge is 0.463 e. The first kappa shape index (κ1) is 12.2. The van der Waals surface area contributed by atoms with Crippen molar-refractivity contribution in [3.05, 3.63) is 30.5 Å². The minimum Gasteiger partial charge on any atom is -0.463 e.